The number of ether oxygens (including phenoxy) is 2. The van der Waals surface area contributed by atoms with Crippen LogP contribution >= 0.6 is 0 Å². The summed E-state index contributed by atoms with van der Waals surface area (Å²) in [6.07, 6.45) is 0.346. The highest BCUT2D eigenvalue weighted by atomic mass is 16.5. The molecule has 0 saturated heterocycles. The lowest BCUT2D eigenvalue weighted by Crippen LogP contribution is -2.28. The van der Waals surface area contributed by atoms with Gasteiger partial charge in [0.1, 0.15) is 6.10 Å². The highest BCUT2D eigenvalue weighted by Crippen LogP contribution is 2.11. The molecule has 1 aromatic heterocycles. The van der Waals surface area contributed by atoms with Gasteiger partial charge in [0.05, 0.1) is 6.61 Å². The van der Waals surface area contributed by atoms with Crippen molar-refractivity contribution >= 4 is 0 Å². The van der Waals surface area contributed by atoms with E-state index in [1.807, 2.05) is 6.92 Å². The molecule has 0 aliphatic rings. The zero-order valence-electron chi connectivity index (χ0n) is 9.27. The Morgan fingerprint density at radius 1 is 1.47 bits per heavy atom. The summed E-state index contributed by atoms with van der Waals surface area (Å²) in [4.78, 5) is 4.16. The normalized spacial score (nSPS) is 15.2. The van der Waals surface area contributed by atoms with Crippen molar-refractivity contribution in [2.24, 2.45) is 5.73 Å². The van der Waals surface area contributed by atoms with Crippen LogP contribution in [0.3, 0.4) is 0 Å². The third kappa shape index (κ3) is 3.58. The number of nitrogens with zero attached hydrogens (tertiary/aromatic N) is 2. The summed E-state index contributed by atoms with van der Waals surface area (Å²) in [6, 6.07) is -0.124. The summed E-state index contributed by atoms with van der Waals surface area (Å²) in [5.74, 6) is 1.05. The van der Waals surface area contributed by atoms with Gasteiger partial charge in [-0.25, -0.2) is 0 Å². The largest absolute Gasteiger partial charge is 0.383 e. The molecule has 15 heavy (non-hydrogen) atoms. The van der Waals surface area contributed by atoms with Crippen molar-refractivity contribution in [3.05, 3.63) is 11.7 Å². The molecule has 0 amide bonds. The maximum Gasteiger partial charge on any atom is 0.228 e. The van der Waals surface area contributed by atoms with Crippen LogP contribution < -0.4 is 5.73 Å². The molecule has 86 valence electrons. The molecule has 1 rings (SSSR count). The second-order valence-electron chi connectivity index (χ2n) is 3.34. The standard InChI is InChI=1S/C9H17N3O3/c1-6(14-3)9-11-8(15-12-9)4-7(10)5-13-2/h6-7H,4-5,10H2,1-3H3. The van der Waals surface area contributed by atoms with E-state index in [1.165, 1.54) is 0 Å². The maximum atomic E-state index is 5.75. The predicted octanol–water partition coefficient (Wildman–Crippen LogP) is 0.293. The van der Waals surface area contributed by atoms with Crippen LogP contribution in [0.1, 0.15) is 24.7 Å². The van der Waals surface area contributed by atoms with Crippen molar-refractivity contribution in [1.29, 1.82) is 0 Å². The molecule has 0 fully saturated rings. The van der Waals surface area contributed by atoms with Gasteiger partial charge in [0.25, 0.3) is 0 Å². The molecule has 0 radical (unpaired) electrons. The van der Waals surface area contributed by atoms with E-state index in [2.05, 4.69) is 10.1 Å². The van der Waals surface area contributed by atoms with Gasteiger partial charge in [-0.05, 0) is 6.92 Å². The van der Waals surface area contributed by atoms with Crippen molar-refractivity contribution in [2.45, 2.75) is 25.5 Å². The minimum Gasteiger partial charge on any atom is -0.383 e. The predicted molar refractivity (Wildman–Crippen MR) is 53.3 cm³/mol. The topological polar surface area (TPSA) is 83.4 Å². The van der Waals surface area contributed by atoms with E-state index in [1.54, 1.807) is 14.2 Å². The SMILES string of the molecule is COCC(N)Cc1nc(C(C)OC)no1. The van der Waals surface area contributed by atoms with E-state index in [0.717, 1.165) is 0 Å². The van der Waals surface area contributed by atoms with E-state index in [4.69, 9.17) is 19.7 Å². The molecule has 2 unspecified atom stereocenters. The van der Waals surface area contributed by atoms with Crippen LogP contribution in [0.25, 0.3) is 0 Å². The lowest BCUT2D eigenvalue weighted by molar-refractivity contribution is 0.109. The molecule has 6 nitrogen and oxygen atoms in total. The van der Waals surface area contributed by atoms with Gasteiger partial charge in [-0.15, -0.1) is 0 Å². The minimum atomic E-state index is -0.166. The van der Waals surface area contributed by atoms with Gasteiger partial charge in [0.15, 0.2) is 5.82 Å². The third-order valence-electron chi connectivity index (χ3n) is 2.02. The first kappa shape index (κ1) is 12.1. The number of nitrogens with two attached hydrogens (primary N) is 1. The van der Waals surface area contributed by atoms with Crippen LogP contribution in [0.5, 0.6) is 0 Å². The van der Waals surface area contributed by atoms with Gasteiger partial charge < -0.3 is 19.7 Å². The summed E-state index contributed by atoms with van der Waals surface area (Å²) in [7, 11) is 3.20. The molecule has 0 saturated carbocycles. The fraction of sp³-hybridized carbons (Fsp3) is 0.778. The monoisotopic (exact) mass is 215 g/mol. The number of rotatable bonds is 6. The third-order valence-corrected chi connectivity index (χ3v) is 2.02. The molecule has 0 spiro atoms. The Morgan fingerprint density at radius 2 is 2.20 bits per heavy atom. The van der Waals surface area contributed by atoms with Crippen molar-refractivity contribution < 1.29 is 14.0 Å². The van der Waals surface area contributed by atoms with Gasteiger partial charge in [-0.2, -0.15) is 4.98 Å². The summed E-state index contributed by atoms with van der Waals surface area (Å²) in [5.41, 5.74) is 5.75. The summed E-state index contributed by atoms with van der Waals surface area (Å²) < 4.78 is 15.0. The minimum absolute atomic E-state index is 0.124. The van der Waals surface area contributed by atoms with Crippen LogP contribution in [-0.4, -0.2) is 37.0 Å². The van der Waals surface area contributed by atoms with Crippen molar-refractivity contribution in [3.63, 3.8) is 0 Å². The van der Waals surface area contributed by atoms with Crippen molar-refractivity contribution in [3.8, 4) is 0 Å². The fourth-order valence-corrected chi connectivity index (χ4v) is 1.12. The molecule has 0 bridgehead atoms. The molecule has 0 aliphatic carbocycles. The molecular formula is C9H17N3O3. The zero-order chi connectivity index (χ0) is 11.3. The van der Waals surface area contributed by atoms with Gasteiger partial charge >= 0.3 is 0 Å². The van der Waals surface area contributed by atoms with Crippen LogP contribution in [0, 0.1) is 0 Å². The molecule has 6 heteroatoms. The van der Waals surface area contributed by atoms with E-state index in [-0.39, 0.29) is 12.1 Å². The van der Waals surface area contributed by atoms with E-state index in [0.29, 0.717) is 24.7 Å². The Hall–Kier alpha value is -0.980. The Labute approximate surface area is 88.7 Å². The zero-order valence-corrected chi connectivity index (χ0v) is 9.27. The van der Waals surface area contributed by atoms with Crippen LogP contribution in [-0.2, 0) is 15.9 Å². The first-order valence-electron chi connectivity index (χ1n) is 4.77. The van der Waals surface area contributed by atoms with Gasteiger partial charge in [0, 0.05) is 26.7 Å². The maximum absolute atomic E-state index is 5.75. The molecule has 1 heterocycles. The van der Waals surface area contributed by atoms with E-state index in [9.17, 15) is 0 Å². The summed E-state index contributed by atoms with van der Waals surface area (Å²) in [5, 5.41) is 3.79. The molecular weight excluding hydrogens is 198 g/mol. The summed E-state index contributed by atoms with van der Waals surface area (Å²) in [6.45, 7) is 2.32. The highest BCUT2D eigenvalue weighted by Gasteiger charge is 2.14. The average molecular weight is 215 g/mol. The molecule has 0 aromatic carbocycles. The lowest BCUT2D eigenvalue weighted by atomic mass is 10.2. The smallest absolute Gasteiger partial charge is 0.228 e. The molecule has 2 atom stereocenters. The van der Waals surface area contributed by atoms with Crippen molar-refractivity contribution in [1.82, 2.24) is 10.1 Å². The van der Waals surface area contributed by atoms with Crippen LogP contribution in [0.15, 0.2) is 4.52 Å². The second-order valence-corrected chi connectivity index (χ2v) is 3.34. The Morgan fingerprint density at radius 3 is 2.80 bits per heavy atom. The lowest BCUT2D eigenvalue weighted by Gasteiger charge is -2.05. The van der Waals surface area contributed by atoms with E-state index < -0.39 is 0 Å². The van der Waals surface area contributed by atoms with E-state index >= 15 is 0 Å². The van der Waals surface area contributed by atoms with Gasteiger partial charge in [-0.3, -0.25) is 0 Å². The first-order chi connectivity index (χ1) is 7.17. The fourth-order valence-electron chi connectivity index (χ4n) is 1.12. The Balaban J connectivity index is 2.52. The summed E-state index contributed by atoms with van der Waals surface area (Å²) >= 11 is 0. The Bertz CT molecular complexity index is 290. The molecule has 2 N–H and O–H groups in total. The molecule has 0 aliphatic heterocycles. The number of hydrogen-bond acceptors (Lipinski definition) is 6. The molecule has 1 aromatic rings. The van der Waals surface area contributed by atoms with Gasteiger partial charge in [-0.1, -0.05) is 5.16 Å². The average Bonchev–Trinajstić information content (AvgIpc) is 2.65. The number of aromatic nitrogens is 2. The number of methoxy groups -OCH3 is 2. The van der Waals surface area contributed by atoms with Crippen LogP contribution in [0.2, 0.25) is 0 Å². The second kappa shape index (κ2) is 5.79. The first-order valence-corrected chi connectivity index (χ1v) is 4.77. The number of hydrogen-bond donors (Lipinski definition) is 1. The van der Waals surface area contributed by atoms with Gasteiger partial charge in [0.2, 0.25) is 5.89 Å². The Kier molecular flexibility index (Phi) is 4.67. The quantitative estimate of drug-likeness (QED) is 0.734. The highest BCUT2D eigenvalue weighted by molar-refractivity contribution is 4.91. The van der Waals surface area contributed by atoms with Crippen LogP contribution in [0.4, 0.5) is 0 Å². The van der Waals surface area contributed by atoms with Crippen molar-refractivity contribution in [2.75, 3.05) is 20.8 Å².